The number of esters is 1. The highest BCUT2D eigenvalue weighted by atomic mass is 19.2. The van der Waals surface area contributed by atoms with Gasteiger partial charge in [0, 0.05) is 25.7 Å². The molecule has 1 amide bonds. The number of ether oxygens (including phenoxy) is 2. The van der Waals surface area contributed by atoms with E-state index in [0.29, 0.717) is 36.3 Å². The van der Waals surface area contributed by atoms with E-state index in [0.717, 1.165) is 12.1 Å². The van der Waals surface area contributed by atoms with Gasteiger partial charge in [-0.1, -0.05) is 5.21 Å². The van der Waals surface area contributed by atoms with Crippen LogP contribution in [0.3, 0.4) is 0 Å². The number of hydrogen-bond donors (Lipinski definition) is 1. The summed E-state index contributed by atoms with van der Waals surface area (Å²) in [4.78, 5) is 31.2. The number of anilines is 1. The molecule has 0 radical (unpaired) electrons. The maximum Gasteiger partial charge on any atom is 0.407 e. The number of nitrogens with one attached hydrogen (secondary N) is 1. The fourth-order valence-corrected chi connectivity index (χ4v) is 4.24. The number of piperidine rings is 1. The van der Waals surface area contributed by atoms with Crippen LogP contribution in [0.25, 0.3) is 11.3 Å². The second-order valence-corrected chi connectivity index (χ2v) is 8.21. The molecule has 3 heterocycles. The lowest BCUT2D eigenvalue weighted by molar-refractivity contribution is 0.0600. The number of aryl methyl sites for hydroxylation is 1. The maximum absolute atomic E-state index is 13.8. The van der Waals surface area contributed by atoms with Crippen LogP contribution in [0, 0.1) is 11.6 Å². The van der Waals surface area contributed by atoms with Gasteiger partial charge in [-0.25, -0.2) is 18.4 Å². The third kappa shape index (κ3) is 4.77. The predicted molar refractivity (Wildman–Crippen MR) is 121 cm³/mol. The first-order valence-corrected chi connectivity index (χ1v) is 10.8. The van der Waals surface area contributed by atoms with Crippen molar-refractivity contribution < 1.29 is 27.8 Å². The lowest BCUT2D eigenvalue weighted by atomic mass is 9.85. The van der Waals surface area contributed by atoms with E-state index in [1.165, 1.54) is 37.2 Å². The number of rotatable bonds is 5. The molecular formula is C23H24F2N6O4. The Morgan fingerprint density at radius 3 is 2.60 bits per heavy atom. The molecule has 3 aromatic rings. The molecule has 1 aliphatic rings. The van der Waals surface area contributed by atoms with Crippen LogP contribution in [0.15, 0.2) is 36.7 Å². The highest BCUT2D eigenvalue weighted by Crippen LogP contribution is 2.35. The van der Waals surface area contributed by atoms with Crippen LogP contribution in [-0.2, 0) is 22.1 Å². The smallest absolute Gasteiger partial charge is 0.407 e. The van der Waals surface area contributed by atoms with Gasteiger partial charge in [0.25, 0.3) is 0 Å². The van der Waals surface area contributed by atoms with E-state index in [2.05, 4.69) is 20.6 Å². The van der Waals surface area contributed by atoms with Crippen molar-refractivity contribution in [3.05, 3.63) is 59.6 Å². The largest absolute Gasteiger partial charge is 0.465 e. The minimum absolute atomic E-state index is 0.190. The Kier molecular flexibility index (Phi) is 6.63. The molecule has 1 aliphatic heterocycles. The quantitative estimate of drug-likeness (QED) is 0.548. The topological polar surface area (TPSA) is 111 Å². The van der Waals surface area contributed by atoms with Crippen molar-refractivity contribution in [3.63, 3.8) is 0 Å². The summed E-state index contributed by atoms with van der Waals surface area (Å²) in [5, 5.41) is 11.1. The molecule has 0 saturated carbocycles. The lowest BCUT2D eigenvalue weighted by Crippen LogP contribution is -2.57. The first kappa shape index (κ1) is 24.0. The van der Waals surface area contributed by atoms with Crippen LogP contribution in [0.1, 0.15) is 28.9 Å². The Balaban J connectivity index is 1.75. The molecule has 1 fully saturated rings. The molecule has 1 atom stereocenters. The third-order valence-electron chi connectivity index (χ3n) is 5.96. The molecule has 35 heavy (non-hydrogen) atoms. The van der Waals surface area contributed by atoms with Gasteiger partial charge in [-0.15, -0.1) is 5.10 Å². The van der Waals surface area contributed by atoms with Crippen LogP contribution in [-0.4, -0.2) is 59.3 Å². The second kappa shape index (κ2) is 9.65. The Hall–Kier alpha value is -4.09. The molecule has 1 N–H and O–H groups in total. The minimum atomic E-state index is -1.02. The standard InChI is InChI=1S/C23H24F2N6O4/c1-30-12-20(28-29-30)23(27-22(33)35-3)7-4-8-31(13-23)19-11-26-18(10-15(19)21(32)34-2)14-5-6-16(24)17(25)9-14/h5-6,9-12H,4,7-8,13H2,1-3H3,(H,27,33). The van der Waals surface area contributed by atoms with E-state index in [1.54, 1.807) is 13.2 Å². The van der Waals surface area contributed by atoms with E-state index in [9.17, 15) is 18.4 Å². The average molecular weight is 486 g/mol. The number of nitrogens with zero attached hydrogens (tertiary/aromatic N) is 5. The number of aromatic nitrogens is 4. The summed E-state index contributed by atoms with van der Waals surface area (Å²) < 4.78 is 38.5. The number of alkyl carbamates (subject to hydrolysis) is 1. The molecule has 10 nitrogen and oxygen atoms in total. The van der Waals surface area contributed by atoms with Gasteiger partial charge in [0.05, 0.1) is 43.6 Å². The van der Waals surface area contributed by atoms with Crippen molar-refractivity contribution in [2.24, 2.45) is 7.05 Å². The van der Waals surface area contributed by atoms with Crippen molar-refractivity contribution in [3.8, 4) is 11.3 Å². The van der Waals surface area contributed by atoms with Crippen LogP contribution in [0.4, 0.5) is 19.3 Å². The molecule has 1 saturated heterocycles. The molecule has 1 aromatic carbocycles. The number of benzene rings is 1. The van der Waals surface area contributed by atoms with Gasteiger partial charge in [-0.05, 0) is 37.1 Å². The summed E-state index contributed by atoms with van der Waals surface area (Å²) in [6.45, 7) is 0.804. The van der Waals surface area contributed by atoms with Crippen molar-refractivity contribution >= 4 is 17.7 Å². The minimum Gasteiger partial charge on any atom is -0.465 e. The molecule has 0 bridgehead atoms. The van der Waals surface area contributed by atoms with Crippen LogP contribution >= 0.6 is 0 Å². The summed E-state index contributed by atoms with van der Waals surface area (Å²) in [6, 6.07) is 4.86. The van der Waals surface area contributed by atoms with Gasteiger partial charge >= 0.3 is 12.1 Å². The average Bonchev–Trinajstić information content (AvgIpc) is 3.32. The zero-order chi connectivity index (χ0) is 25.2. The van der Waals surface area contributed by atoms with E-state index in [4.69, 9.17) is 9.47 Å². The van der Waals surface area contributed by atoms with Gasteiger partial charge in [-0.3, -0.25) is 9.67 Å². The highest BCUT2D eigenvalue weighted by Gasteiger charge is 2.42. The van der Waals surface area contributed by atoms with Crippen molar-refractivity contribution in [2.45, 2.75) is 18.4 Å². The number of carbonyl (C=O) groups excluding carboxylic acids is 2. The van der Waals surface area contributed by atoms with Crippen LogP contribution < -0.4 is 10.2 Å². The molecule has 2 aromatic heterocycles. The number of amides is 1. The van der Waals surface area contributed by atoms with Gasteiger partial charge in [0.15, 0.2) is 11.6 Å². The first-order valence-electron chi connectivity index (χ1n) is 10.8. The fourth-order valence-electron chi connectivity index (χ4n) is 4.24. The molecule has 0 aliphatic carbocycles. The van der Waals surface area contributed by atoms with E-state index >= 15 is 0 Å². The Bertz CT molecular complexity index is 1270. The molecule has 4 rings (SSSR count). The van der Waals surface area contributed by atoms with Crippen LogP contribution in [0.5, 0.6) is 0 Å². The van der Waals surface area contributed by atoms with E-state index < -0.39 is 29.2 Å². The van der Waals surface area contributed by atoms with Crippen LogP contribution in [0.2, 0.25) is 0 Å². The molecule has 0 spiro atoms. The lowest BCUT2D eigenvalue weighted by Gasteiger charge is -2.43. The molecule has 1 unspecified atom stereocenters. The third-order valence-corrected chi connectivity index (χ3v) is 5.96. The van der Waals surface area contributed by atoms with Gasteiger partial charge in [0.1, 0.15) is 11.2 Å². The summed E-state index contributed by atoms with van der Waals surface area (Å²) in [7, 11) is 4.25. The molecule has 184 valence electrons. The number of carbonyl (C=O) groups is 2. The SMILES string of the molecule is COC(=O)NC1(c2cn(C)nn2)CCCN(c2cnc(-c3ccc(F)c(F)c3)cc2C(=O)OC)C1. The number of halogens is 2. The van der Waals surface area contributed by atoms with Gasteiger partial charge < -0.3 is 19.7 Å². The number of pyridine rings is 1. The van der Waals surface area contributed by atoms with Crippen molar-refractivity contribution in [2.75, 3.05) is 32.2 Å². The fraction of sp³-hybridized carbons (Fsp3) is 0.348. The zero-order valence-electron chi connectivity index (χ0n) is 19.4. The number of methoxy groups -OCH3 is 2. The normalized spacial score (nSPS) is 17.7. The maximum atomic E-state index is 13.8. The highest BCUT2D eigenvalue weighted by molar-refractivity contribution is 5.97. The first-order chi connectivity index (χ1) is 16.8. The predicted octanol–water partition coefficient (Wildman–Crippen LogP) is 2.79. The Morgan fingerprint density at radius 1 is 1.14 bits per heavy atom. The molecule has 12 heteroatoms. The number of hydrogen-bond acceptors (Lipinski definition) is 8. The summed E-state index contributed by atoms with van der Waals surface area (Å²) >= 11 is 0. The Morgan fingerprint density at radius 2 is 1.94 bits per heavy atom. The van der Waals surface area contributed by atoms with Crippen molar-refractivity contribution in [1.82, 2.24) is 25.3 Å². The summed E-state index contributed by atoms with van der Waals surface area (Å²) in [5.41, 5.74) is 0.837. The van der Waals surface area contributed by atoms with Gasteiger partial charge in [0.2, 0.25) is 0 Å². The summed E-state index contributed by atoms with van der Waals surface area (Å²) in [6.07, 6.45) is 3.77. The second-order valence-electron chi connectivity index (χ2n) is 8.21. The monoisotopic (exact) mass is 486 g/mol. The van der Waals surface area contributed by atoms with Crippen molar-refractivity contribution in [1.29, 1.82) is 0 Å². The summed E-state index contributed by atoms with van der Waals surface area (Å²) in [5.74, 6) is -2.63. The van der Waals surface area contributed by atoms with E-state index in [1.807, 2.05) is 4.90 Å². The molecular weight excluding hydrogens is 462 g/mol. The van der Waals surface area contributed by atoms with E-state index in [-0.39, 0.29) is 17.8 Å². The van der Waals surface area contributed by atoms with Gasteiger partial charge in [-0.2, -0.15) is 0 Å². The zero-order valence-corrected chi connectivity index (χ0v) is 19.4. The Labute approximate surface area is 199 Å².